The summed E-state index contributed by atoms with van der Waals surface area (Å²) in [6.07, 6.45) is 1.28. The van der Waals surface area contributed by atoms with E-state index in [2.05, 4.69) is 4.74 Å². The zero-order valence-electron chi connectivity index (χ0n) is 12.5. The first kappa shape index (κ1) is 18.0. The molecule has 10 heteroatoms. The van der Waals surface area contributed by atoms with E-state index in [-0.39, 0.29) is 21.2 Å². The van der Waals surface area contributed by atoms with Gasteiger partial charge in [-0.1, -0.05) is 11.6 Å². The highest BCUT2D eigenvalue weighted by molar-refractivity contribution is 8.18. The van der Waals surface area contributed by atoms with Crippen LogP contribution in [0.1, 0.15) is 12.5 Å². The molecule has 0 N–H and O–H groups in total. The maximum absolute atomic E-state index is 12.3. The number of nitrogens with zero attached hydrogens (tertiary/aromatic N) is 2. The van der Waals surface area contributed by atoms with E-state index in [0.29, 0.717) is 11.8 Å². The fourth-order valence-corrected chi connectivity index (χ4v) is 3.06. The molecule has 1 saturated heterocycles. The summed E-state index contributed by atoms with van der Waals surface area (Å²) in [4.78, 5) is 46.9. The van der Waals surface area contributed by atoms with Gasteiger partial charge < -0.3 is 4.74 Å². The number of non-ortho nitro benzene ring substituents is 1. The first-order valence-corrected chi connectivity index (χ1v) is 7.74. The molecule has 1 fully saturated rings. The third-order valence-corrected chi connectivity index (χ3v) is 4.46. The Morgan fingerprint density at radius 2 is 2.12 bits per heavy atom. The van der Waals surface area contributed by atoms with E-state index in [0.717, 1.165) is 12.0 Å². The van der Waals surface area contributed by atoms with Gasteiger partial charge in [0.2, 0.25) is 0 Å². The van der Waals surface area contributed by atoms with Gasteiger partial charge in [0, 0.05) is 22.7 Å². The number of thioether (sulfide) groups is 1. The number of hydrogen-bond acceptors (Lipinski definition) is 7. The van der Waals surface area contributed by atoms with Crippen LogP contribution in [0.15, 0.2) is 23.1 Å². The zero-order chi connectivity index (χ0) is 18.0. The molecule has 126 valence electrons. The summed E-state index contributed by atoms with van der Waals surface area (Å²) in [5.74, 6) is -1.42. The first-order valence-electron chi connectivity index (χ1n) is 6.55. The van der Waals surface area contributed by atoms with Crippen molar-refractivity contribution in [2.45, 2.75) is 13.0 Å². The number of benzene rings is 1. The number of halogens is 1. The number of amides is 2. The van der Waals surface area contributed by atoms with Crippen molar-refractivity contribution in [3.05, 3.63) is 43.8 Å². The van der Waals surface area contributed by atoms with Crippen LogP contribution < -0.4 is 0 Å². The second-order valence-corrected chi connectivity index (χ2v) is 6.11. The minimum Gasteiger partial charge on any atom is -0.467 e. The Bertz CT molecular complexity index is 779. The Balaban J connectivity index is 2.37. The maximum atomic E-state index is 12.3. The number of nitro benzene ring substituents is 1. The van der Waals surface area contributed by atoms with Crippen molar-refractivity contribution in [3.63, 3.8) is 0 Å². The van der Waals surface area contributed by atoms with E-state index in [1.165, 1.54) is 31.2 Å². The van der Waals surface area contributed by atoms with Crippen molar-refractivity contribution < 1.29 is 24.0 Å². The molecule has 1 aliphatic heterocycles. The fourth-order valence-electron chi connectivity index (χ4n) is 1.99. The lowest BCUT2D eigenvalue weighted by molar-refractivity contribution is -0.384. The van der Waals surface area contributed by atoms with Crippen molar-refractivity contribution in [2.75, 3.05) is 7.11 Å². The number of carbonyl (C=O) groups excluding carboxylic acids is 3. The highest BCUT2D eigenvalue weighted by Gasteiger charge is 2.41. The van der Waals surface area contributed by atoms with Crippen LogP contribution in [-0.4, -0.2) is 40.1 Å². The van der Waals surface area contributed by atoms with Crippen molar-refractivity contribution >= 4 is 52.2 Å². The van der Waals surface area contributed by atoms with Crippen molar-refractivity contribution in [1.29, 1.82) is 0 Å². The number of esters is 1. The van der Waals surface area contributed by atoms with E-state index in [1.807, 2.05) is 0 Å². The molecule has 0 radical (unpaired) electrons. The predicted octanol–water partition coefficient (Wildman–Crippen LogP) is 2.85. The standard InChI is InChI=1S/C14H11ClN2O6S/c1-7(13(19)23-2)16-12(18)11(24-14(16)20)6-8-5-9(17(21)22)3-4-10(8)15/h3-7H,1-2H3/b11-6+/t7-/m1/s1. The average molecular weight is 371 g/mol. The van der Waals surface area contributed by atoms with Gasteiger partial charge in [0.1, 0.15) is 6.04 Å². The molecule has 2 amide bonds. The molecule has 0 aliphatic carbocycles. The molecule has 0 aromatic heterocycles. The number of hydrogen-bond donors (Lipinski definition) is 0. The van der Waals surface area contributed by atoms with Gasteiger partial charge in [-0.15, -0.1) is 0 Å². The first-order chi connectivity index (χ1) is 11.3. The highest BCUT2D eigenvalue weighted by atomic mass is 35.5. The Morgan fingerprint density at radius 1 is 1.46 bits per heavy atom. The van der Waals surface area contributed by atoms with Gasteiger partial charge in [0.25, 0.3) is 16.8 Å². The molecule has 2 rings (SSSR count). The molecule has 24 heavy (non-hydrogen) atoms. The molecule has 0 bridgehead atoms. The molecule has 0 saturated carbocycles. The Labute approximate surface area is 145 Å². The van der Waals surface area contributed by atoms with Gasteiger partial charge in [-0.05, 0) is 30.8 Å². The molecule has 1 atom stereocenters. The number of ether oxygens (including phenoxy) is 1. The molecular formula is C14H11ClN2O6S. The quantitative estimate of drug-likeness (QED) is 0.347. The van der Waals surface area contributed by atoms with Gasteiger partial charge in [-0.25, -0.2) is 4.79 Å². The predicted molar refractivity (Wildman–Crippen MR) is 87.4 cm³/mol. The van der Waals surface area contributed by atoms with Gasteiger partial charge in [-0.3, -0.25) is 24.6 Å². The SMILES string of the molecule is COC(=O)[C@@H](C)N1C(=O)S/C(=C/c2cc([N+](=O)[O-])ccc2Cl)C1=O. The number of nitro groups is 1. The second-order valence-electron chi connectivity index (χ2n) is 4.71. The van der Waals surface area contributed by atoms with E-state index in [4.69, 9.17) is 11.6 Å². The largest absolute Gasteiger partial charge is 0.467 e. The zero-order valence-corrected chi connectivity index (χ0v) is 14.1. The van der Waals surface area contributed by atoms with E-state index < -0.39 is 28.1 Å². The summed E-state index contributed by atoms with van der Waals surface area (Å²) in [5, 5.41) is 10.4. The summed E-state index contributed by atoms with van der Waals surface area (Å²) in [6, 6.07) is 2.67. The number of rotatable bonds is 4. The molecule has 1 aromatic carbocycles. The Kier molecular flexibility index (Phi) is 5.25. The average Bonchev–Trinajstić information content (AvgIpc) is 2.81. The lowest BCUT2D eigenvalue weighted by atomic mass is 10.1. The van der Waals surface area contributed by atoms with Gasteiger partial charge in [0.15, 0.2) is 0 Å². The molecule has 0 unspecified atom stereocenters. The van der Waals surface area contributed by atoms with Crippen LogP contribution in [0.3, 0.4) is 0 Å². The maximum Gasteiger partial charge on any atom is 0.328 e. The summed E-state index contributed by atoms with van der Waals surface area (Å²) < 4.78 is 4.53. The molecule has 1 aliphatic rings. The van der Waals surface area contributed by atoms with E-state index in [9.17, 15) is 24.5 Å². The minimum absolute atomic E-state index is 0.0122. The van der Waals surface area contributed by atoms with Gasteiger partial charge in [-0.2, -0.15) is 0 Å². The molecular weight excluding hydrogens is 360 g/mol. The Hall–Kier alpha value is -2.39. The summed E-state index contributed by atoms with van der Waals surface area (Å²) in [6.45, 7) is 1.37. The summed E-state index contributed by atoms with van der Waals surface area (Å²) >= 11 is 6.59. The molecule has 1 aromatic rings. The summed E-state index contributed by atoms with van der Waals surface area (Å²) in [5.41, 5.74) is 0.0231. The Morgan fingerprint density at radius 3 is 2.71 bits per heavy atom. The van der Waals surface area contributed by atoms with Crippen LogP contribution in [0.5, 0.6) is 0 Å². The van der Waals surface area contributed by atoms with Crippen molar-refractivity contribution in [3.8, 4) is 0 Å². The van der Waals surface area contributed by atoms with Crippen molar-refractivity contribution in [1.82, 2.24) is 4.90 Å². The van der Waals surface area contributed by atoms with E-state index in [1.54, 1.807) is 0 Å². The topological polar surface area (TPSA) is 107 Å². The van der Waals surface area contributed by atoms with Crippen LogP contribution >= 0.6 is 23.4 Å². The van der Waals surface area contributed by atoms with Gasteiger partial charge >= 0.3 is 5.97 Å². The van der Waals surface area contributed by atoms with Gasteiger partial charge in [0.05, 0.1) is 16.9 Å². The lowest BCUT2D eigenvalue weighted by Crippen LogP contribution is -2.42. The smallest absolute Gasteiger partial charge is 0.328 e. The lowest BCUT2D eigenvalue weighted by Gasteiger charge is -2.18. The van der Waals surface area contributed by atoms with Crippen molar-refractivity contribution in [2.24, 2.45) is 0 Å². The van der Waals surface area contributed by atoms with Crippen LogP contribution in [0.25, 0.3) is 6.08 Å². The number of carbonyl (C=O) groups is 3. The van der Waals surface area contributed by atoms with Crippen LogP contribution in [-0.2, 0) is 14.3 Å². The monoisotopic (exact) mass is 370 g/mol. The molecule has 8 nitrogen and oxygen atoms in total. The molecule has 1 heterocycles. The fraction of sp³-hybridized carbons (Fsp3) is 0.214. The van der Waals surface area contributed by atoms with Crippen LogP contribution in [0, 0.1) is 10.1 Å². The van der Waals surface area contributed by atoms with Crippen LogP contribution in [0.4, 0.5) is 10.5 Å². The number of imide groups is 1. The third-order valence-electron chi connectivity index (χ3n) is 3.23. The second kappa shape index (κ2) is 7.02. The third kappa shape index (κ3) is 3.41. The summed E-state index contributed by atoms with van der Waals surface area (Å²) in [7, 11) is 1.15. The van der Waals surface area contributed by atoms with Crippen LogP contribution in [0.2, 0.25) is 5.02 Å². The van der Waals surface area contributed by atoms with E-state index >= 15 is 0 Å². The molecule has 0 spiro atoms. The highest BCUT2D eigenvalue weighted by Crippen LogP contribution is 2.35. The minimum atomic E-state index is -1.08. The normalized spacial score (nSPS) is 17.3. The number of methoxy groups -OCH3 is 1.